The lowest BCUT2D eigenvalue weighted by Gasteiger charge is -2.36. The normalized spacial score (nSPS) is 16.0. The van der Waals surface area contributed by atoms with Gasteiger partial charge in [-0.25, -0.2) is 9.59 Å². The molecule has 0 spiro atoms. The second kappa shape index (κ2) is 17.4. The number of rotatable bonds is 18. The van der Waals surface area contributed by atoms with Gasteiger partial charge in [-0.1, -0.05) is 96.8 Å². The zero-order valence-corrected chi connectivity index (χ0v) is 19.5. The molecule has 0 amide bonds. The Labute approximate surface area is 184 Å². The smallest absolute Gasteiger partial charge is 0.331 e. The van der Waals surface area contributed by atoms with E-state index in [0.29, 0.717) is 0 Å². The van der Waals surface area contributed by atoms with Gasteiger partial charge >= 0.3 is 11.9 Å². The van der Waals surface area contributed by atoms with E-state index in [2.05, 4.69) is 6.92 Å². The van der Waals surface area contributed by atoms with Crippen LogP contribution in [-0.4, -0.2) is 22.6 Å². The third-order valence-corrected chi connectivity index (χ3v) is 6.43. The Bertz CT molecular complexity index is 477. The van der Waals surface area contributed by atoms with E-state index in [-0.39, 0.29) is 5.60 Å². The van der Waals surface area contributed by atoms with E-state index >= 15 is 0 Å². The standard InChI is InChI=1S/C26H46O4/c1-2-3-4-5-6-7-8-9-10-11-12-13-14-16-21-26(22-17-15-18-23-26)30-25(29)20-19-24(27)28/h19-20H,2-18,21-23H2,1H3,(H,27,28)/b20-19+. The second-order valence-electron chi connectivity index (χ2n) is 9.18. The molecule has 0 saturated heterocycles. The van der Waals surface area contributed by atoms with E-state index in [1.54, 1.807) is 0 Å². The van der Waals surface area contributed by atoms with E-state index < -0.39 is 11.9 Å². The summed E-state index contributed by atoms with van der Waals surface area (Å²) in [6, 6.07) is 0. The van der Waals surface area contributed by atoms with Gasteiger partial charge in [-0.2, -0.15) is 0 Å². The second-order valence-corrected chi connectivity index (χ2v) is 9.18. The molecule has 0 bridgehead atoms. The number of esters is 1. The van der Waals surface area contributed by atoms with Crippen LogP contribution >= 0.6 is 0 Å². The quantitative estimate of drug-likeness (QED) is 0.139. The molecule has 1 aliphatic rings. The number of carboxylic acids is 1. The van der Waals surface area contributed by atoms with E-state index in [1.807, 2.05) is 0 Å². The van der Waals surface area contributed by atoms with Crippen LogP contribution in [0.4, 0.5) is 0 Å². The first-order valence-corrected chi connectivity index (χ1v) is 12.7. The van der Waals surface area contributed by atoms with Crippen LogP contribution in [0.15, 0.2) is 12.2 Å². The lowest BCUT2D eigenvalue weighted by atomic mass is 9.81. The molecule has 0 aliphatic heterocycles. The van der Waals surface area contributed by atoms with E-state index in [4.69, 9.17) is 9.84 Å². The number of carbonyl (C=O) groups excluding carboxylic acids is 1. The van der Waals surface area contributed by atoms with Crippen LogP contribution in [0.3, 0.4) is 0 Å². The third-order valence-electron chi connectivity index (χ3n) is 6.43. The molecule has 30 heavy (non-hydrogen) atoms. The molecule has 0 heterocycles. The summed E-state index contributed by atoms with van der Waals surface area (Å²) < 4.78 is 5.75. The van der Waals surface area contributed by atoms with E-state index in [1.165, 1.54) is 89.9 Å². The molecule has 1 aliphatic carbocycles. The first-order valence-electron chi connectivity index (χ1n) is 12.7. The highest BCUT2D eigenvalue weighted by molar-refractivity contribution is 5.90. The average molecular weight is 423 g/mol. The van der Waals surface area contributed by atoms with Gasteiger partial charge < -0.3 is 9.84 Å². The molecule has 1 rings (SSSR count). The summed E-state index contributed by atoms with van der Waals surface area (Å²) in [6.45, 7) is 2.27. The van der Waals surface area contributed by atoms with Gasteiger partial charge in [0.25, 0.3) is 0 Å². The number of aliphatic carboxylic acids is 1. The molecule has 0 aromatic heterocycles. The molecule has 4 heteroatoms. The van der Waals surface area contributed by atoms with Crippen molar-refractivity contribution in [3.63, 3.8) is 0 Å². The van der Waals surface area contributed by atoms with Crippen LogP contribution in [0.5, 0.6) is 0 Å². The largest absolute Gasteiger partial charge is 0.478 e. The zero-order chi connectivity index (χ0) is 21.9. The first-order chi connectivity index (χ1) is 14.6. The van der Waals surface area contributed by atoms with Crippen molar-refractivity contribution in [3.05, 3.63) is 12.2 Å². The van der Waals surface area contributed by atoms with E-state index in [0.717, 1.165) is 50.7 Å². The maximum Gasteiger partial charge on any atom is 0.331 e. The first kappa shape index (κ1) is 26.7. The van der Waals surface area contributed by atoms with Crippen molar-refractivity contribution in [1.82, 2.24) is 0 Å². The minimum Gasteiger partial charge on any atom is -0.478 e. The molecule has 174 valence electrons. The summed E-state index contributed by atoms with van der Waals surface area (Å²) in [5.74, 6) is -1.62. The summed E-state index contributed by atoms with van der Waals surface area (Å²) in [7, 11) is 0. The topological polar surface area (TPSA) is 63.6 Å². The molecule has 1 saturated carbocycles. The minimum absolute atomic E-state index is 0.366. The number of unbranched alkanes of at least 4 members (excludes halogenated alkanes) is 13. The predicted molar refractivity (Wildman–Crippen MR) is 124 cm³/mol. The van der Waals surface area contributed by atoms with Gasteiger partial charge in [0.05, 0.1) is 0 Å². The number of ether oxygens (including phenoxy) is 1. The fourth-order valence-electron chi connectivity index (χ4n) is 4.63. The Morgan fingerprint density at radius 3 is 1.67 bits per heavy atom. The number of carbonyl (C=O) groups is 2. The maximum absolute atomic E-state index is 12.0. The number of hydrogen-bond donors (Lipinski definition) is 1. The molecule has 1 fully saturated rings. The monoisotopic (exact) mass is 422 g/mol. The van der Waals surface area contributed by atoms with Crippen LogP contribution in [0, 0.1) is 0 Å². The summed E-state index contributed by atoms with van der Waals surface area (Å²) in [5.41, 5.74) is -0.366. The third kappa shape index (κ3) is 13.8. The van der Waals surface area contributed by atoms with Crippen LogP contribution in [0.2, 0.25) is 0 Å². The van der Waals surface area contributed by atoms with Gasteiger partial charge in [0.2, 0.25) is 0 Å². The lowest BCUT2D eigenvalue weighted by molar-refractivity contribution is -0.158. The highest BCUT2D eigenvalue weighted by Crippen LogP contribution is 2.36. The maximum atomic E-state index is 12.0. The minimum atomic E-state index is -1.11. The van der Waals surface area contributed by atoms with Gasteiger partial charge in [-0.15, -0.1) is 0 Å². The molecular weight excluding hydrogens is 376 g/mol. The van der Waals surface area contributed by atoms with Crippen molar-refractivity contribution >= 4 is 11.9 Å². The van der Waals surface area contributed by atoms with Crippen molar-refractivity contribution < 1.29 is 19.4 Å². The van der Waals surface area contributed by atoms with Crippen LogP contribution < -0.4 is 0 Å². The summed E-state index contributed by atoms with van der Waals surface area (Å²) in [5, 5.41) is 8.68. The molecule has 4 nitrogen and oxygen atoms in total. The van der Waals surface area contributed by atoms with Gasteiger partial charge in [-0.3, -0.25) is 0 Å². The van der Waals surface area contributed by atoms with Gasteiger partial charge in [0, 0.05) is 12.2 Å². The fraction of sp³-hybridized carbons (Fsp3) is 0.846. The van der Waals surface area contributed by atoms with Crippen LogP contribution in [-0.2, 0) is 14.3 Å². The summed E-state index contributed by atoms with van der Waals surface area (Å²) in [4.78, 5) is 22.6. The van der Waals surface area contributed by atoms with E-state index in [9.17, 15) is 9.59 Å². The van der Waals surface area contributed by atoms with Crippen molar-refractivity contribution in [3.8, 4) is 0 Å². The molecule has 0 unspecified atom stereocenters. The van der Waals surface area contributed by atoms with Gasteiger partial charge in [-0.05, 0) is 38.5 Å². The van der Waals surface area contributed by atoms with Crippen molar-refractivity contribution in [1.29, 1.82) is 0 Å². The van der Waals surface area contributed by atoms with Crippen LogP contribution in [0.25, 0.3) is 0 Å². The van der Waals surface area contributed by atoms with Crippen molar-refractivity contribution in [2.24, 2.45) is 0 Å². The fourth-order valence-corrected chi connectivity index (χ4v) is 4.63. The molecular formula is C26H46O4. The Kier molecular flexibility index (Phi) is 15.5. The Balaban J connectivity index is 2.08. The average Bonchev–Trinajstić information content (AvgIpc) is 2.73. The van der Waals surface area contributed by atoms with Gasteiger partial charge in [0.1, 0.15) is 5.60 Å². The van der Waals surface area contributed by atoms with Crippen molar-refractivity contribution in [2.45, 2.75) is 141 Å². The zero-order valence-electron chi connectivity index (χ0n) is 19.5. The highest BCUT2D eigenvalue weighted by Gasteiger charge is 2.34. The van der Waals surface area contributed by atoms with Crippen LogP contribution in [0.1, 0.15) is 135 Å². The predicted octanol–water partition coefficient (Wildman–Crippen LogP) is 7.74. The lowest BCUT2D eigenvalue weighted by Crippen LogP contribution is -2.37. The Morgan fingerprint density at radius 1 is 0.733 bits per heavy atom. The highest BCUT2D eigenvalue weighted by atomic mass is 16.6. The van der Waals surface area contributed by atoms with Crippen molar-refractivity contribution in [2.75, 3.05) is 0 Å². The molecule has 0 aromatic rings. The van der Waals surface area contributed by atoms with Gasteiger partial charge in [0.15, 0.2) is 0 Å². The number of hydrogen-bond acceptors (Lipinski definition) is 3. The Morgan fingerprint density at radius 2 is 1.20 bits per heavy atom. The molecule has 1 N–H and O–H groups in total. The molecule has 0 radical (unpaired) electrons. The molecule has 0 aromatic carbocycles. The SMILES string of the molecule is CCCCCCCCCCCCCCCCC1(OC(=O)/C=C/C(=O)O)CCCCC1. The summed E-state index contributed by atoms with van der Waals surface area (Å²) >= 11 is 0. The number of carboxylic acid groups (broad SMARTS) is 1. The molecule has 0 atom stereocenters. The Hall–Kier alpha value is -1.32. The summed E-state index contributed by atoms with van der Waals surface area (Å²) in [6.07, 6.45) is 26.8.